The van der Waals surface area contributed by atoms with Gasteiger partial charge in [-0.25, -0.2) is 0 Å². The van der Waals surface area contributed by atoms with Gasteiger partial charge in [0.1, 0.15) is 0 Å². The van der Waals surface area contributed by atoms with Gasteiger partial charge in [-0.05, 0) is 12.8 Å². The van der Waals surface area contributed by atoms with Gasteiger partial charge < -0.3 is 5.11 Å². The number of carbonyl (C=O) groups is 1. The van der Waals surface area contributed by atoms with Crippen molar-refractivity contribution in [3.8, 4) is 0 Å². The molecule has 0 radical (unpaired) electrons. The summed E-state index contributed by atoms with van der Waals surface area (Å²) >= 11 is 0. The Balaban J connectivity index is 1.92. The summed E-state index contributed by atoms with van der Waals surface area (Å²) in [6.45, 7) is 0. The molecule has 2 fully saturated rings. The molecule has 0 spiro atoms. The molecule has 1 heterocycles. The normalized spacial score (nSPS) is 33.5. The lowest BCUT2D eigenvalue weighted by molar-refractivity contribution is -0.143. The van der Waals surface area contributed by atoms with E-state index in [1.54, 1.807) is 0 Å². The van der Waals surface area contributed by atoms with Crippen molar-refractivity contribution in [1.29, 1.82) is 0 Å². The van der Waals surface area contributed by atoms with Crippen LogP contribution in [0.4, 0.5) is 0 Å². The first-order valence-corrected chi connectivity index (χ1v) is 4.31. The van der Waals surface area contributed by atoms with Gasteiger partial charge in [0.05, 0.1) is 0 Å². The van der Waals surface area contributed by atoms with E-state index < -0.39 is 11.7 Å². The SMILES string of the molecule is O=C(O)CC[C@@]1(C2CC2)NONO1. The number of nitrogens with one attached hydrogen (secondary N) is 2. The van der Waals surface area contributed by atoms with Crippen LogP contribution in [0.5, 0.6) is 0 Å². The van der Waals surface area contributed by atoms with Crippen molar-refractivity contribution in [3.05, 3.63) is 0 Å². The summed E-state index contributed by atoms with van der Waals surface area (Å²) in [6, 6.07) is 0. The van der Waals surface area contributed by atoms with E-state index in [-0.39, 0.29) is 6.42 Å². The Morgan fingerprint density at radius 3 is 2.85 bits per heavy atom. The number of aliphatic carboxylic acids is 1. The van der Waals surface area contributed by atoms with Crippen LogP contribution >= 0.6 is 0 Å². The summed E-state index contributed by atoms with van der Waals surface area (Å²) in [7, 11) is 0. The molecule has 1 saturated heterocycles. The van der Waals surface area contributed by atoms with Gasteiger partial charge in [-0.1, -0.05) is 5.64 Å². The monoisotopic (exact) mass is 188 g/mol. The molecular weight excluding hydrogens is 176 g/mol. The van der Waals surface area contributed by atoms with Crippen LogP contribution in [0.2, 0.25) is 0 Å². The van der Waals surface area contributed by atoms with E-state index in [1.165, 1.54) is 0 Å². The highest BCUT2D eigenvalue weighted by Gasteiger charge is 2.50. The molecule has 0 bridgehead atoms. The van der Waals surface area contributed by atoms with E-state index in [2.05, 4.69) is 16.1 Å². The maximum Gasteiger partial charge on any atom is 0.303 e. The third kappa shape index (κ3) is 1.80. The smallest absolute Gasteiger partial charge is 0.303 e. The quantitative estimate of drug-likeness (QED) is 0.573. The molecule has 1 atom stereocenters. The Hall–Kier alpha value is -0.690. The largest absolute Gasteiger partial charge is 0.481 e. The summed E-state index contributed by atoms with van der Waals surface area (Å²) in [5.41, 5.74) is 4.32. The average molecular weight is 188 g/mol. The number of carboxylic acid groups (broad SMARTS) is 1. The molecule has 2 aliphatic rings. The first kappa shape index (κ1) is 8.89. The lowest BCUT2D eigenvalue weighted by Crippen LogP contribution is -2.43. The van der Waals surface area contributed by atoms with Crippen molar-refractivity contribution in [1.82, 2.24) is 11.1 Å². The van der Waals surface area contributed by atoms with E-state index in [0.717, 1.165) is 12.8 Å². The van der Waals surface area contributed by atoms with Crippen molar-refractivity contribution < 1.29 is 19.7 Å². The molecule has 0 aromatic rings. The summed E-state index contributed by atoms with van der Waals surface area (Å²) in [5, 5.41) is 8.55. The maximum absolute atomic E-state index is 10.4. The van der Waals surface area contributed by atoms with Gasteiger partial charge in [-0.15, -0.1) is 5.48 Å². The molecule has 6 heteroatoms. The fraction of sp³-hybridized carbons (Fsp3) is 0.857. The summed E-state index contributed by atoms with van der Waals surface area (Å²) < 4.78 is 0. The fourth-order valence-electron chi connectivity index (χ4n) is 1.54. The molecule has 6 nitrogen and oxygen atoms in total. The molecule has 1 aliphatic heterocycles. The second kappa shape index (κ2) is 3.22. The van der Waals surface area contributed by atoms with E-state index >= 15 is 0 Å². The minimum atomic E-state index is -0.822. The van der Waals surface area contributed by atoms with Crippen LogP contribution in [0.15, 0.2) is 0 Å². The minimum absolute atomic E-state index is 0.0779. The predicted molar refractivity (Wildman–Crippen MR) is 40.8 cm³/mol. The Bertz CT molecular complexity index is 211. The molecular formula is C7H12N2O4. The van der Waals surface area contributed by atoms with Gasteiger partial charge in [-0.2, -0.15) is 4.94 Å². The molecule has 13 heavy (non-hydrogen) atoms. The van der Waals surface area contributed by atoms with Crippen LogP contribution < -0.4 is 11.1 Å². The number of hydrogen-bond donors (Lipinski definition) is 3. The topological polar surface area (TPSA) is 79.8 Å². The molecule has 0 unspecified atom stereocenters. The molecule has 1 saturated carbocycles. The highest BCUT2D eigenvalue weighted by atomic mass is 17.0. The van der Waals surface area contributed by atoms with Gasteiger partial charge >= 0.3 is 5.97 Å². The number of hydrogen-bond acceptors (Lipinski definition) is 5. The predicted octanol–water partition coefficient (Wildman–Crippen LogP) is -0.0715. The molecule has 2 rings (SSSR count). The van der Waals surface area contributed by atoms with E-state index in [4.69, 9.17) is 9.94 Å². The Morgan fingerprint density at radius 1 is 1.62 bits per heavy atom. The van der Waals surface area contributed by atoms with Gasteiger partial charge in [0, 0.05) is 18.8 Å². The molecule has 3 N–H and O–H groups in total. The maximum atomic E-state index is 10.4. The molecule has 74 valence electrons. The lowest BCUT2D eigenvalue weighted by atomic mass is 10.0. The van der Waals surface area contributed by atoms with Crippen LogP contribution in [0.25, 0.3) is 0 Å². The van der Waals surface area contributed by atoms with Crippen molar-refractivity contribution in [2.45, 2.75) is 31.4 Å². The van der Waals surface area contributed by atoms with Gasteiger partial charge in [-0.3, -0.25) is 9.63 Å². The Morgan fingerprint density at radius 2 is 2.38 bits per heavy atom. The number of carboxylic acids is 1. The van der Waals surface area contributed by atoms with Gasteiger partial charge in [0.2, 0.25) is 0 Å². The average Bonchev–Trinajstić information content (AvgIpc) is 2.84. The van der Waals surface area contributed by atoms with Crippen LogP contribution in [0.1, 0.15) is 25.7 Å². The molecule has 1 aliphatic carbocycles. The standard InChI is InChI=1S/C7H12N2O4/c10-6(11)3-4-7(5-1-2-5)8-13-9-12-7/h5,8-9H,1-4H2,(H,10,11)/t7-/m1/s1. The molecule has 0 amide bonds. The highest BCUT2D eigenvalue weighted by molar-refractivity contribution is 5.66. The van der Waals surface area contributed by atoms with Gasteiger partial charge in [0.25, 0.3) is 0 Å². The van der Waals surface area contributed by atoms with Gasteiger partial charge in [0.15, 0.2) is 5.72 Å². The van der Waals surface area contributed by atoms with Crippen LogP contribution in [0, 0.1) is 5.92 Å². The highest BCUT2D eigenvalue weighted by Crippen LogP contribution is 2.43. The zero-order chi connectivity index (χ0) is 9.31. The van der Waals surface area contributed by atoms with Crippen molar-refractivity contribution >= 4 is 5.97 Å². The zero-order valence-electron chi connectivity index (χ0n) is 7.08. The van der Waals surface area contributed by atoms with Crippen LogP contribution in [-0.4, -0.2) is 16.8 Å². The molecule has 0 aromatic heterocycles. The van der Waals surface area contributed by atoms with Crippen molar-refractivity contribution in [2.24, 2.45) is 5.92 Å². The van der Waals surface area contributed by atoms with Crippen LogP contribution in [0.3, 0.4) is 0 Å². The number of rotatable bonds is 4. The Labute approximate surface area is 75.1 Å². The third-order valence-electron chi connectivity index (χ3n) is 2.44. The lowest BCUT2D eigenvalue weighted by Gasteiger charge is -2.23. The second-order valence-electron chi connectivity index (χ2n) is 3.45. The molecule has 0 aromatic carbocycles. The summed E-state index contributed by atoms with van der Waals surface area (Å²) in [5.74, 6) is -0.459. The van der Waals surface area contributed by atoms with Crippen molar-refractivity contribution in [2.75, 3.05) is 0 Å². The van der Waals surface area contributed by atoms with Crippen molar-refractivity contribution in [3.63, 3.8) is 0 Å². The Kier molecular flexibility index (Phi) is 2.20. The number of hydroxylamine groups is 1. The summed E-state index contributed by atoms with van der Waals surface area (Å²) in [6.07, 6.45) is 2.60. The minimum Gasteiger partial charge on any atom is -0.481 e. The van der Waals surface area contributed by atoms with E-state index in [1.807, 2.05) is 0 Å². The second-order valence-corrected chi connectivity index (χ2v) is 3.45. The summed E-state index contributed by atoms with van der Waals surface area (Å²) in [4.78, 5) is 20.2. The van der Waals surface area contributed by atoms with E-state index in [9.17, 15) is 4.79 Å². The first-order valence-electron chi connectivity index (χ1n) is 4.31. The third-order valence-corrected chi connectivity index (χ3v) is 2.44. The zero-order valence-corrected chi connectivity index (χ0v) is 7.08. The first-order chi connectivity index (χ1) is 6.23. The fourth-order valence-corrected chi connectivity index (χ4v) is 1.54. The van der Waals surface area contributed by atoms with Crippen LogP contribution in [-0.2, 0) is 14.6 Å². The van der Waals surface area contributed by atoms with E-state index in [0.29, 0.717) is 12.3 Å².